The van der Waals surface area contributed by atoms with Crippen LogP contribution in [-0.4, -0.2) is 20.9 Å². The number of para-hydroxylation sites is 1. The van der Waals surface area contributed by atoms with E-state index < -0.39 is 15.9 Å². The van der Waals surface area contributed by atoms with Crippen LogP contribution in [0.1, 0.15) is 21.5 Å². The van der Waals surface area contributed by atoms with Gasteiger partial charge in [0.1, 0.15) is 0 Å². The van der Waals surface area contributed by atoms with Crippen LogP contribution in [0, 0.1) is 6.92 Å². The molecule has 1 aliphatic heterocycles. The first-order chi connectivity index (χ1) is 10.4. The molecule has 0 saturated heterocycles. The highest BCUT2D eigenvalue weighted by atomic mass is 32.2. The lowest BCUT2D eigenvalue weighted by Crippen LogP contribution is -2.29. The summed E-state index contributed by atoms with van der Waals surface area (Å²) in [7, 11) is -3.70. The molecule has 0 saturated carbocycles. The van der Waals surface area contributed by atoms with E-state index >= 15 is 0 Å². The Bertz CT molecular complexity index is 859. The van der Waals surface area contributed by atoms with Gasteiger partial charge < -0.3 is 5.73 Å². The third-order valence-electron chi connectivity index (χ3n) is 3.91. The highest BCUT2D eigenvalue weighted by Crippen LogP contribution is 2.33. The van der Waals surface area contributed by atoms with Gasteiger partial charge in [0.25, 0.3) is 10.0 Å². The number of primary amides is 1. The maximum atomic E-state index is 12.9. The Balaban J connectivity index is 2.09. The number of sulfonamides is 1. The summed E-state index contributed by atoms with van der Waals surface area (Å²) in [6, 6.07) is 11.9. The van der Waals surface area contributed by atoms with Crippen molar-refractivity contribution < 1.29 is 13.2 Å². The minimum atomic E-state index is -3.70. The number of hydrogen-bond donors (Lipinski definition) is 1. The minimum Gasteiger partial charge on any atom is -0.366 e. The van der Waals surface area contributed by atoms with E-state index in [9.17, 15) is 13.2 Å². The molecule has 0 spiro atoms. The Labute approximate surface area is 129 Å². The van der Waals surface area contributed by atoms with Crippen LogP contribution in [0.2, 0.25) is 0 Å². The van der Waals surface area contributed by atoms with E-state index in [1.165, 1.54) is 16.4 Å². The van der Waals surface area contributed by atoms with Gasteiger partial charge in [-0.25, -0.2) is 8.42 Å². The number of nitrogens with two attached hydrogens (primary N) is 1. The second-order valence-corrected chi connectivity index (χ2v) is 7.16. The molecule has 1 amide bonds. The lowest BCUT2D eigenvalue weighted by Gasteiger charge is -2.20. The van der Waals surface area contributed by atoms with Crippen LogP contribution >= 0.6 is 0 Å². The Morgan fingerprint density at radius 2 is 1.91 bits per heavy atom. The van der Waals surface area contributed by atoms with Gasteiger partial charge in [-0.3, -0.25) is 9.10 Å². The van der Waals surface area contributed by atoms with Crippen LogP contribution in [0.5, 0.6) is 0 Å². The minimum absolute atomic E-state index is 0.0867. The molecule has 0 atom stereocenters. The van der Waals surface area contributed by atoms with Gasteiger partial charge in [-0.2, -0.15) is 0 Å². The van der Waals surface area contributed by atoms with E-state index in [0.717, 1.165) is 5.56 Å². The molecule has 0 unspecified atom stereocenters. The SMILES string of the molecule is Cc1ccc(S(=O)(=O)N2CCc3ccccc32)cc1C(N)=O. The molecule has 1 aliphatic rings. The summed E-state index contributed by atoms with van der Waals surface area (Å²) in [4.78, 5) is 11.5. The molecule has 0 radical (unpaired) electrons. The monoisotopic (exact) mass is 316 g/mol. The maximum Gasteiger partial charge on any atom is 0.264 e. The Morgan fingerprint density at radius 1 is 1.18 bits per heavy atom. The molecule has 0 aliphatic carbocycles. The third-order valence-corrected chi connectivity index (χ3v) is 5.72. The Morgan fingerprint density at radius 3 is 2.64 bits per heavy atom. The lowest BCUT2D eigenvalue weighted by molar-refractivity contribution is 0.0999. The predicted molar refractivity (Wildman–Crippen MR) is 84.4 cm³/mol. The van der Waals surface area contributed by atoms with Crippen molar-refractivity contribution >= 4 is 21.6 Å². The first-order valence-corrected chi connectivity index (χ1v) is 8.36. The van der Waals surface area contributed by atoms with Crippen LogP contribution < -0.4 is 10.0 Å². The molecule has 2 aromatic carbocycles. The smallest absolute Gasteiger partial charge is 0.264 e. The van der Waals surface area contributed by atoms with Crippen LogP contribution in [0.3, 0.4) is 0 Å². The van der Waals surface area contributed by atoms with E-state index in [1.54, 1.807) is 19.1 Å². The van der Waals surface area contributed by atoms with Crippen molar-refractivity contribution in [2.75, 3.05) is 10.8 Å². The predicted octanol–water partition coefficient (Wildman–Crippen LogP) is 1.85. The highest BCUT2D eigenvalue weighted by molar-refractivity contribution is 7.92. The fourth-order valence-electron chi connectivity index (χ4n) is 2.71. The van der Waals surface area contributed by atoms with Crippen LogP contribution in [0.25, 0.3) is 0 Å². The molecule has 22 heavy (non-hydrogen) atoms. The molecule has 3 rings (SSSR count). The third kappa shape index (κ3) is 2.25. The second-order valence-electron chi connectivity index (χ2n) is 5.30. The van der Waals surface area contributed by atoms with Gasteiger partial charge in [0, 0.05) is 12.1 Å². The topological polar surface area (TPSA) is 80.5 Å². The average Bonchev–Trinajstić information content (AvgIpc) is 2.91. The zero-order valence-corrected chi connectivity index (χ0v) is 12.9. The summed E-state index contributed by atoms with van der Waals surface area (Å²) in [6.45, 7) is 2.13. The summed E-state index contributed by atoms with van der Waals surface area (Å²) in [6.07, 6.45) is 0.684. The van der Waals surface area contributed by atoms with Crippen LogP contribution in [-0.2, 0) is 16.4 Å². The number of anilines is 1. The fourth-order valence-corrected chi connectivity index (χ4v) is 4.24. The number of fused-ring (bicyclic) bond motifs is 1. The van der Waals surface area contributed by atoms with Crippen molar-refractivity contribution in [2.24, 2.45) is 5.73 Å². The second kappa shape index (κ2) is 5.14. The van der Waals surface area contributed by atoms with Gasteiger partial charge in [-0.05, 0) is 42.7 Å². The standard InChI is InChI=1S/C16H16N2O3S/c1-11-6-7-13(10-14(11)16(17)19)22(20,21)18-9-8-12-4-2-3-5-15(12)18/h2-7,10H,8-9H2,1H3,(H2,17,19). The maximum absolute atomic E-state index is 12.9. The van der Waals surface area contributed by atoms with Gasteiger partial charge in [0.2, 0.25) is 5.91 Å². The van der Waals surface area contributed by atoms with E-state index in [2.05, 4.69) is 0 Å². The largest absolute Gasteiger partial charge is 0.366 e. The molecular weight excluding hydrogens is 300 g/mol. The Kier molecular flexibility index (Phi) is 3.41. The fraction of sp³-hybridized carbons (Fsp3) is 0.188. The molecule has 0 fully saturated rings. The summed E-state index contributed by atoms with van der Waals surface area (Å²) < 4.78 is 27.1. The molecule has 0 bridgehead atoms. The zero-order valence-electron chi connectivity index (χ0n) is 12.1. The summed E-state index contributed by atoms with van der Waals surface area (Å²) >= 11 is 0. The number of amides is 1. The van der Waals surface area contributed by atoms with Crippen molar-refractivity contribution in [3.63, 3.8) is 0 Å². The zero-order chi connectivity index (χ0) is 15.9. The van der Waals surface area contributed by atoms with E-state index in [-0.39, 0.29) is 10.5 Å². The van der Waals surface area contributed by atoms with E-state index in [4.69, 9.17) is 5.73 Å². The summed E-state index contributed by atoms with van der Waals surface area (Å²) in [5.41, 5.74) is 7.91. The molecule has 2 N–H and O–H groups in total. The Hall–Kier alpha value is -2.34. The molecule has 2 aromatic rings. The van der Waals surface area contributed by atoms with Crippen LogP contribution in [0.4, 0.5) is 5.69 Å². The number of rotatable bonds is 3. The van der Waals surface area contributed by atoms with Crippen molar-refractivity contribution in [3.8, 4) is 0 Å². The molecular formula is C16H16N2O3S. The first kappa shape index (κ1) is 14.6. The summed E-state index contributed by atoms with van der Waals surface area (Å²) in [5.74, 6) is -0.628. The first-order valence-electron chi connectivity index (χ1n) is 6.92. The number of benzene rings is 2. The van der Waals surface area contributed by atoms with Gasteiger partial charge in [-0.1, -0.05) is 24.3 Å². The number of hydrogen-bond acceptors (Lipinski definition) is 3. The molecule has 5 nitrogen and oxygen atoms in total. The van der Waals surface area contributed by atoms with Crippen molar-refractivity contribution in [3.05, 3.63) is 59.2 Å². The summed E-state index contributed by atoms with van der Waals surface area (Å²) in [5, 5.41) is 0. The van der Waals surface area contributed by atoms with E-state index in [0.29, 0.717) is 24.2 Å². The lowest BCUT2D eigenvalue weighted by atomic mass is 10.1. The van der Waals surface area contributed by atoms with Crippen molar-refractivity contribution in [1.29, 1.82) is 0 Å². The van der Waals surface area contributed by atoms with Gasteiger partial charge in [0.05, 0.1) is 10.6 Å². The molecule has 0 aromatic heterocycles. The van der Waals surface area contributed by atoms with E-state index in [1.807, 2.05) is 18.2 Å². The quantitative estimate of drug-likeness (QED) is 0.938. The molecule has 114 valence electrons. The van der Waals surface area contributed by atoms with Gasteiger partial charge in [0.15, 0.2) is 0 Å². The van der Waals surface area contributed by atoms with Crippen LogP contribution in [0.15, 0.2) is 47.4 Å². The number of aryl methyl sites for hydroxylation is 1. The highest BCUT2D eigenvalue weighted by Gasteiger charge is 2.31. The molecule has 1 heterocycles. The average molecular weight is 316 g/mol. The van der Waals surface area contributed by atoms with Crippen molar-refractivity contribution in [2.45, 2.75) is 18.2 Å². The van der Waals surface area contributed by atoms with Gasteiger partial charge in [-0.15, -0.1) is 0 Å². The normalized spacial score (nSPS) is 14.0. The number of nitrogens with zero attached hydrogens (tertiary/aromatic N) is 1. The van der Waals surface area contributed by atoms with Crippen molar-refractivity contribution in [1.82, 2.24) is 0 Å². The van der Waals surface area contributed by atoms with Gasteiger partial charge >= 0.3 is 0 Å². The number of carbonyl (C=O) groups is 1. The number of carbonyl (C=O) groups excluding carboxylic acids is 1. The molecule has 6 heteroatoms.